The molecule has 1 aromatic heterocycles. The van der Waals surface area contributed by atoms with Gasteiger partial charge in [0.15, 0.2) is 0 Å². The van der Waals surface area contributed by atoms with Gasteiger partial charge in [0.05, 0.1) is 23.7 Å². The number of aromatic nitrogens is 2. The molecule has 0 amide bonds. The highest BCUT2D eigenvalue weighted by Crippen LogP contribution is 2.23. The Bertz CT molecular complexity index is 2090. The summed E-state index contributed by atoms with van der Waals surface area (Å²) >= 11 is 0. The van der Waals surface area contributed by atoms with E-state index < -0.39 is 0 Å². The normalized spacial score (nSPS) is 11.1. The van der Waals surface area contributed by atoms with E-state index in [1.54, 1.807) is 11.7 Å². The largest absolute Gasteiger partial charge is 0.497 e. The van der Waals surface area contributed by atoms with Crippen molar-refractivity contribution < 1.29 is 4.74 Å². The number of aryl methyl sites for hydroxylation is 2. The molecule has 4 nitrogen and oxygen atoms in total. The number of ether oxygens (including phenoxy) is 1. The van der Waals surface area contributed by atoms with Gasteiger partial charge in [-0.2, -0.15) is 0 Å². The molecule has 4 heteroatoms. The van der Waals surface area contributed by atoms with Gasteiger partial charge in [0.25, 0.3) is 5.56 Å². The van der Waals surface area contributed by atoms with Gasteiger partial charge >= 0.3 is 0 Å². The van der Waals surface area contributed by atoms with Gasteiger partial charge in [-0.05, 0) is 102 Å². The molecule has 198 valence electrons. The van der Waals surface area contributed by atoms with Gasteiger partial charge in [0.1, 0.15) is 11.6 Å². The Morgan fingerprint density at radius 2 is 1.44 bits per heavy atom. The number of nitrogens with zero attached hydrogens (tertiary/aromatic N) is 2. The van der Waals surface area contributed by atoms with Gasteiger partial charge in [-0.1, -0.05) is 66.4 Å². The minimum atomic E-state index is -0.102. The van der Waals surface area contributed by atoms with E-state index in [-0.39, 0.29) is 5.56 Å². The third-order valence-electron chi connectivity index (χ3n) is 7.24. The fourth-order valence-electron chi connectivity index (χ4n) is 4.99. The number of rotatable bonds is 4. The van der Waals surface area contributed by atoms with Gasteiger partial charge in [-0.25, -0.2) is 4.98 Å². The molecule has 1 heterocycles. The van der Waals surface area contributed by atoms with Crippen LogP contribution in [0.4, 0.5) is 0 Å². The molecular formula is C37H28N2O2. The molecule has 0 bridgehead atoms. The maximum absolute atomic E-state index is 13.8. The lowest BCUT2D eigenvalue weighted by atomic mass is 10.1. The highest BCUT2D eigenvalue weighted by Gasteiger charge is 2.13. The van der Waals surface area contributed by atoms with Crippen LogP contribution in [-0.4, -0.2) is 16.7 Å². The van der Waals surface area contributed by atoms with Gasteiger partial charge < -0.3 is 4.74 Å². The second kappa shape index (κ2) is 11.0. The first kappa shape index (κ1) is 25.9. The van der Waals surface area contributed by atoms with Crippen molar-refractivity contribution in [2.75, 3.05) is 7.11 Å². The molecule has 0 spiro atoms. The van der Waals surface area contributed by atoms with Crippen LogP contribution in [0.3, 0.4) is 0 Å². The third-order valence-corrected chi connectivity index (χ3v) is 7.24. The van der Waals surface area contributed by atoms with Gasteiger partial charge in [0.2, 0.25) is 0 Å². The molecule has 41 heavy (non-hydrogen) atoms. The summed E-state index contributed by atoms with van der Waals surface area (Å²) in [4.78, 5) is 18.6. The number of para-hydroxylation sites is 1. The van der Waals surface area contributed by atoms with Crippen LogP contribution in [0, 0.1) is 25.7 Å². The number of methoxy groups -OCH3 is 1. The Balaban J connectivity index is 1.39. The predicted molar refractivity (Wildman–Crippen MR) is 169 cm³/mol. The minimum Gasteiger partial charge on any atom is -0.497 e. The standard InChI is InChI=1S/C37H28N2O2/c1-25-8-4-5-9-29(25)18-21-36-38-34-11-7-6-10-33(34)37(40)39(36)35-20-15-27(22-26(35)2)12-13-28-14-16-31-24-32(41-3)19-17-30(31)23-28/h4-11,14-24H,1-3H3/b21-18+. The SMILES string of the molecule is COc1ccc2cc(C#Cc3ccc(-n4c(/C=C/c5ccccc5C)nc5ccccc5c4=O)c(C)c3)ccc2c1. The van der Waals surface area contributed by atoms with Gasteiger partial charge in [-0.3, -0.25) is 9.36 Å². The lowest BCUT2D eigenvalue weighted by Crippen LogP contribution is -2.23. The first-order chi connectivity index (χ1) is 20.0. The average Bonchev–Trinajstić information content (AvgIpc) is 3.00. The Kier molecular flexibility index (Phi) is 6.93. The summed E-state index contributed by atoms with van der Waals surface area (Å²) in [7, 11) is 1.67. The lowest BCUT2D eigenvalue weighted by Gasteiger charge is -2.14. The number of hydrogen-bond acceptors (Lipinski definition) is 3. The van der Waals surface area contributed by atoms with Gasteiger partial charge in [0, 0.05) is 11.1 Å². The Hall–Kier alpha value is -5.40. The van der Waals surface area contributed by atoms with E-state index in [0.29, 0.717) is 16.7 Å². The van der Waals surface area contributed by atoms with Crippen LogP contribution in [0.5, 0.6) is 5.75 Å². The van der Waals surface area contributed by atoms with E-state index >= 15 is 0 Å². The molecular weight excluding hydrogens is 504 g/mol. The Morgan fingerprint density at radius 3 is 2.24 bits per heavy atom. The van der Waals surface area contributed by atoms with Crippen molar-refractivity contribution in [3.63, 3.8) is 0 Å². The fraction of sp³-hybridized carbons (Fsp3) is 0.0811. The average molecular weight is 533 g/mol. The number of benzene rings is 5. The van der Waals surface area contributed by atoms with Crippen molar-refractivity contribution in [3.05, 3.63) is 147 Å². The van der Waals surface area contributed by atoms with Crippen LogP contribution in [0.1, 0.15) is 33.6 Å². The van der Waals surface area contributed by atoms with Crippen LogP contribution in [-0.2, 0) is 0 Å². The van der Waals surface area contributed by atoms with E-state index in [1.807, 2.05) is 97.9 Å². The molecule has 0 aliphatic carbocycles. The molecule has 0 N–H and O–H groups in total. The monoisotopic (exact) mass is 532 g/mol. The quantitative estimate of drug-likeness (QED) is 0.218. The molecule has 0 aliphatic heterocycles. The summed E-state index contributed by atoms with van der Waals surface area (Å²) in [5.41, 5.74) is 6.33. The zero-order valence-corrected chi connectivity index (χ0v) is 23.2. The summed E-state index contributed by atoms with van der Waals surface area (Å²) in [5.74, 6) is 7.98. The smallest absolute Gasteiger partial charge is 0.266 e. The van der Waals surface area contributed by atoms with Crippen molar-refractivity contribution in [1.82, 2.24) is 9.55 Å². The van der Waals surface area contributed by atoms with Gasteiger partial charge in [-0.15, -0.1) is 0 Å². The molecule has 0 saturated heterocycles. The van der Waals surface area contributed by atoms with E-state index in [0.717, 1.165) is 50.0 Å². The lowest BCUT2D eigenvalue weighted by molar-refractivity contribution is 0.415. The van der Waals surface area contributed by atoms with E-state index in [2.05, 4.69) is 43.0 Å². The summed E-state index contributed by atoms with van der Waals surface area (Å²) in [6, 6.07) is 33.7. The predicted octanol–water partition coefficient (Wildman–Crippen LogP) is 7.73. The molecule has 6 aromatic rings. The summed E-state index contributed by atoms with van der Waals surface area (Å²) in [6.07, 6.45) is 3.93. The number of fused-ring (bicyclic) bond motifs is 2. The molecule has 5 aromatic carbocycles. The second-order valence-corrected chi connectivity index (χ2v) is 10.00. The van der Waals surface area contributed by atoms with Crippen molar-refractivity contribution in [2.45, 2.75) is 13.8 Å². The van der Waals surface area contributed by atoms with Crippen molar-refractivity contribution in [1.29, 1.82) is 0 Å². The van der Waals surface area contributed by atoms with Crippen LogP contribution < -0.4 is 10.3 Å². The summed E-state index contributed by atoms with van der Waals surface area (Å²) in [5, 5.41) is 2.80. The minimum absolute atomic E-state index is 0.102. The van der Waals surface area contributed by atoms with Crippen molar-refractivity contribution in [3.8, 4) is 23.3 Å². The summed E-state index contributed by atoms with van der Waals surface area (Å²) < 4.78 is 7.02. The molecule has 0 radical (unpaired) electrons. The number of hydrogen-bond donors (Lipinski definition) is 0. The second-order valence-electron chi connectivity index (χ2n) is 10.00. The zero-order chi connectivity index (χ0) is 28.3. The van der Waals surface area contributed by atoms with Crippen molar-refractivity contribution >= 4 is 33.8 Å². The first-order valence-corrected chi connectivity index (χ1v) is 13.5. The highest BCUT2D eigenvalue weighted by molar-refractivity contribution is 5.85. The Labute approximate surface area is 239 Å². The van der Waals surface area contributed by atoms with Crippen LogP contribution >= 0.6 is 0 Å². The maximum atomic E-state index is 13.8. The van der Waals surface area contributed by atoms with Crippen LogP contribution in [0.25, 0.3) is 39.5 Å². The topological polar surface area (TPSA) is 44.1 Å². The van der Waals surface area contributed by atoms with Crippen LogP contribution in [0.2, 0.25) is 0 Å². The molecule has 0 unspecified atom stereocenters. The van der Waals surface area contributed by atoms with E-state index in [1.165, 1.54) is 0 Å². The fourth-order valence-corrected chi connectivity index (χ4v) is 4.99. The molecule has 0 aliphatic rings. The maximum Gasteiger partial charge on any atom is 0.266 e. The summed E-state index contributed by atoms with van der Waals surface area (Å²) in [6.45, 7) is 4.07. The highest BCUT2D eigenvalue weighted by atomic mass is 16.5. The van der Waals surface area contributed by atoms with Crippen LogP contribution in [0.15, 0.2) is 108 Å². The Morgan fingerprint density at radius 1 is 0.732 bits per heavy atom. The zero-order valence-electron chi connectivity index (χ0n) is 23.2. The molecule has 6 rings (SSSR count). The van der Waals surface area contributed by atoms with Crippen molar-refractivity contribution in [2.24, 2.45) is 0 Å². The van der Waals surface area contributed by atoms with E-state index in [4.69, 9.17) is 9.72 Å². The first-order valence-electron chi connectivity index (χ1n) is 13.5. The van der Waals surface area contributed by atoms with E-state index in [9.17, 15) is 4.79 Å². The molecule has 0 atom stereocenters. The molecule has 0 saturated carbocycles. The molecule has 0 fully saturated rings. The third kappa shape index (κ3) is 5.26.